The number of thioether (sulfide) groups is 1. The van der Waals surface area contributed by atoms with Gasteiger partial charge in [0.2, 0.25) is 11.8 Å². The van der Waals surface area contributed by atoms with Crippen LogP contribution in [0.4, 0.5) is 5.82 Å². The van der Waals surface area contributed by atoms with Crippen LogP contribution in [0.15, 0.2) is 12.7 Å². The number of nitrogens with zero attached hydrogens (tertiary/aromatic N) is 4. The van der Waals surface area contributed by atoms with Gasteiger partial charge in [-0.3, -0.25) is 28.1 Å². The van der Waals surface area contributed by atoms with E-state index in [1.807, 2.05) is 0 Å². The molecule has 54 heavy (non-hydrogen) atoms. The Morgan fingerprint density at radius 1 is 1.09 bits per heavy atom. The third-order valence-electron chi connectivity index (χ3n) is 7.40. The van der Waals surface area contributed by atoms with Gasteiger partial charge in [0.25, 0.3) is 15.6 Å². The van der Waals surface area contributed by atoms with Gasteiger partial charge in [-0.15, -0.1) is 0 Å². The highest BCUT2D eigenvalue weighted by Crippen LogP contribution is 2.56. The van der Waals surface area contributed by atoms with E-state index in [9.17, 15) is 57.9 Å². The molecule has 1 aliphatic rings. The summed E-state index contributed by atoms with van der Waals surface area (Å²) in [6, 6.07) is 0. The lowest BCUT2D eigenvalue weighted by atomic mass is 9.87. The number of imidazole rings is 1. The van der Waals surface area contributed by atoms with Gasteiger partial charge in [-0.1, -0.05) is 32.5 Å². The molecule has 1 saturated heterocycles. The normalized spacial score (nSPS) is 22.6. The van der Waals surface area contributed by atoms with Crippen molar-refractivity contribution < 1.29 is 85.6 Å². The SMILES string of the molecule is CC(CO)C(=O)SCCNC(=O)CCNC(=O)[C@H](O)C(C)(C)COP(=O)([O-])OP(=O)([O-])OC[C@H]1O[C@@H](n2cnc3c(N)ncnc32)[C@H](O)[C@@H]1OP(=O)([O-])[O-]. The zero-order chi connectivity index (χ0) is 40.6. The van der Waals surface area contributed by atoms with Crippen LogP contribution in [0.3, 0.4) is 0 Å². The number of aliphatic hydroxyl groups is 3. The fourth-order valence-electron chi connectivity index (χ4n) is 4.48. The van der Waals surface area contributed by atoms with Gasteiger partial charge in [-0.2, -0.15) is 0 Å². The smallest absolute Gasteiger partial charge is 0.274 e. The number of nitrogens with one attached hydrogen (secondary N) is 2. The number of rotatable bonds is 21. The number of carbonyl (C=O) groups excluding carboxylic acids is 3. The second-order valence-electron chi connectivity index (χ2n) is 12.2. The van der Waals surface area contributed by atoms with Crippen LogP contribution in [-0.4, -0.2) is 115 Å². The Balaban J connectivity index is 1.51. The van der Waals surface area contributed by atoms with E-state index in [1.54, 1.807) is 6.92 Å². The Labute approximate surface area is 310 Å². The van der Waals surface area contributed by atoms with E-state index in [2.05, 4.69) is 43.5 Å². The van der Waals surface area contributed by atoms with E-state index in [0.717, 1.165) is 29.0 Å². The van der Waals surface area contributed by atoms with Crippen molar-refractivity contribution in [2.45, 2.75) is 57.8 Å². The number of aromatic nitrogens is 4. The van der Waals surface area contributed by atoms with Gasteiger partial charge in [-0.25, -0.2) is 19.3 Å². The molecule has 2 amide bonds. The predicted molar refractivity (Wildman–Crippen MR) is 174 cm³/mol. The Bertz CT molecular complexity index is 1780. The van der Waals surface area contributed by atoms with E-state index >= 15 is 0 Å². The third kappa shape index (κ3) is 13.3. The lowest BCUT2D eigenvalue weighted by molar-refractivity contribution is -0.347. The third-order valence-corrected chi connectivity index (χ3v) is 11.5. The van der Waals surface area contributed by atoms with Crippen LogP contribution in [0.25, 0.3) is 11.2 Å². The molecule has 7 N–H and O–H groups in total. The summed E-state index contributed by atoms with van der Waals surface area (Å²) in [7, 11) is -17.6. The average Bonchev–Trinajstić information content (AvgIpc) is 3.64. The molecule has 0 aliphatic carbocycles. The van der Waals surface area contributed by atoms with Crippen molar-refractivity contribution in [1.82, 2.24) is 30.2 Å². The van der Waals surface area contributed by atoms with Crippen molar-refractivity contribution in [3.63, 3.8) is 0 Å². The molecule has 3 unspecified atom stereocenters. The lowest BCUT2D eigenvalue weighted by Crippen LogP contribution is -2.46. The predicted octanol–water partition coefficient (Wildman–Crippen LogP) is -4.23. The number of hydrogen-bond acceptors (Lipinski definition) is 23. The molecular weight excluding hydrogens is 811 g/mol. The van der Waals surface area contributed by atoms with Gasteiger partial charge in [0.15, 0.2) is 22.8 Å². The zero-order valence-corrected chi connectivity index (χ0v) is 32.1. The van der Waals surface area contributed by atoms with Crippen molar-refractivity contribution >= 4 is 69.1 Å². The molecule has 0 bridgehead atoms. The maximum absolute atomic E-state index is 12.5. The molecule has 3 rings (SSSR count). The molecule has 0 saturated carbocycles. The molecule has 1 aliphatic heterocycles. The molecule has 2 aromatic heterocycles. The largest absolute Gasteiger partial charge is 0.790 e. The van der Waals surface area contributed by atoms with Crippen LogP contribution in [0.1, 0.15) is 33.4 Å². The molecule has 0 aromatic carbocycles. The number of amides is 2. The second-order valence-corrected chi connectivity index (χ2v) is 17.4. The molecule has 1 fully saturated rings. The van der Waals surface area contributed by atoms with Crippen molar-refractivity contribution in [2.75, 3.05) is 44.4 Å². The average molecular weight is 850 g/mol. The van der Waals surface area contributed by atoms with Gasteiger partial charge < -0.3 is 74.1 Å². The van der Waals surface area contributed by atoms with E-state index in [-0.39, 0.29) is 54.0 Å². The molecule has 0 radical (unpaired) electrons. The lowest BCUT2D eigenvalue weighted by Gasteiger charge is -2.36. The summed E-state index contributed by atoms with van der Waals surface area (Å²) in [4.78, 5) is 95.4. The van der Waals surface area contributed by atoms with E-state index in [0.29, 0.717) is 0 Å². The van der Waals surface area contributed by atoms with Crippen molar-refractivity contribution in [3.8, 4) is 0 Å². The number of ether oxygens (including phenoxy) is 1. The minimum atomic E-state index is -5.92. The van der Waals surface area contributed by atoms with Crippen LogP contribution in [0.2, 0.25) is 0 Å². The van der Waals surface area contributed by atoms with Crippen LogP contribution in [-0.2, 0) is 50.7 Å². The number of phosphoric acid groups is 3. The molecule has 29 heteroatoms. The number of nitrogens with two attached hydrogens (primary N) is 1. The van der Waals surface area contributed by atoms with Gasteiger partial charge in [0.05, 0.1) is 34.0 Å². The maximum atomic E-state index is 12.5. The molecule has 3 heterocycles. The van der Waals surface area contributed by atoms with Crippen molar-refractivity contribution in [2.24, 2.45) is 11.3 Å². The van der Waals surface area contributed by atoms with Crippen LogP contribution in [0.5, 0.6) is 0 Å². The minimum absolute atomic E-state index is 0.0260. The van der Waals surface area contributed by atoms with E-state index in [4.69, 9.17) is 15.6 Å². The molecule has 8 atom stereocenters. The Kier molecular flexibility index (Phi) is 16.2. The topological polar surface area (TPSA) is 395 Å². The fraction of sp³-hybridized carbons (Fsp3) is 0.680. The molecule has 2 aromatic rings. The van der Waals surface area contributed by atoms with Gasteiger partial charge in [0.1, 0.15) is 36.3 Å². The number of fused-ring (bicyclic) bond motifs is 1. The summed E-state index contributed by atoms with van der Waals surface area (Å²) >= 11 is 0.931. The van der Waals surface area contributed by atoms with Gasteiger partial charge in [0, 0.05) is 36.6 Å². The van der Waals surface area contributed by atoms with Crippen molar-refractivity contribution in [3.05, 3.63) is 12.7 Å². The standard InChI is InChI=1S/C25H42N7O18P3S/c1-13(8-33)24(38)54-7-6-27-15(34)4-5-28-22(37)19(36)25(2,3)10-47-53(44,45)50-52(42,43)46-9-14-18(49-51(39,40)41)17(35)23(48-14)32-12-31-16-20(26)29-11-30-21(16)32/h11-14,17-19,23,33,35-36H,4-10H2,1-3H3,(H,27,34)(H,28,37)(H,42,43)(H,44,45)(H2,26,29,30)(H2,39,40,41)/p-4/t13?,14-,17-,18-,19+,23-/m1/s1. The first-order chi connectivity index (χ1) is 25.0. The van der Waals surface area contributed by atoms with Crippen LogP contribution >= 0.6 is 35.2 Å². The Morgan fingerprint density at radius 3 is 2.41 bits per heavy atom. The maximum Gasteiger partial charge on any atom is 0.274 e. The number of phosphoric ester groups is 3. The summed E-state index contributed by atoms with van der Waals surface area (Å²) < 4.78 is 60.3. The van der Waals surface area contributed by atoms with Crippen molar-refractivity contribution in [1.29, 1.82) is 0 Å². The molecule has 306 valence electrons. The number of carbonyl (C=O) groups is 3. The minimum Gasteiger partial charge on any atom is -0.790 e. The van der Waals surface area contributed by atoms with Gasteiger partial charge in [-0.05, 0) is 0 Å². The second kappa shape index (κ2) is 19.1. The summed E-state index contributed by atoms with van der Waals surface area (Å²) in [6.45, 7) is 1.21. The Hall–Kier alpha value is -2.48. The zero-order valence-electron chi connectivity index (χ0n) is 28.7. The quantitative estimate of drug-likeness (QED) is 0.0512. The highest BCUT2D eigenvalue weighted by atomic mass is 32.2. The number of hydrogen-bond donors (Lipinski definition) is 6. The van der Waals surface area contributed by atoms with E-state index in [1.165, 1.54) is 13.8 Å². The monoisotopic (exact) mass is 849 g/mol. The molecule has 0 spiro atoms. The summed E-state index contributed by atoms with van der Waals surface area (Å²) in [5, 5.41) is 34.8. The number of nitrogen functional groups attached to an aromatic ring is 1. The first-order valence-electron chi connectivity index (χ1n) is 15.6. The fourth-order valence-corrected chi connectivity index (χ4v) is 7.98. The Morgan fingerprint density at radius 2 is 1.76 bits per heavy atom. The van der Waals surface area contributed by atoms with E-state index < -0.39 is 90.5 Å². The summed E-state index contributed by atoms with van der Waals surface area (Å²) in [5.41, 5.74) is 4.04. The highest BCUT2D eigenvalue weighted by Gasteiger charge is 2.47. The highest BCUT2D eigenvalue weighted by molar-refractivity contribution is 8.13. The molecular formula is C25H38N7O18P3S-4. The first kappa shape index (κ1) is 45.9. The summed E-state index contributed by atoms with van der Waals surface area (Å²) in [5.74, 6) is -1.91. The first-order valence-corrected chi connectivity index (χ1v) is 20.9. The number of aliphatic hydroxyl groups excluding tert-OH is 3. The van der Waals surface area contributed by atoms with Gasteiger partial charge >= 0.3 is 0 Å². The molecule has 25 nitrogen and oxygen atoms in total. The van der Waals surface area contributed by atoms with Crippen LogP contribution < -0.4 is 35.9 Å². The summed E-state index contributed by atoms with van der Waals surface area (Å²) in [6.07, 6.45) is -7.66. The number of anilines is 1. The van der Waals surface area contributed by atoms with Crippen LogP contribution in [0, 0.1) is 11.3 Å².